The molecule has 2 aromatic heterocycles. The van der Waals surface area contributed by atoms with Crippen LogP contribution in [-0.4, -0.2) is 15.0 Å². The predicted octanol–water partition coefficient (Wildman–Crippen LogP) is 2.87. The first-order chi connectivity index (χ1) is 7.97. The number of halogens is 3. The van der Waals surface area contributed by atoms with Crippen LogP contribution in [0.25, 0.3) is 11.4 Å². The maximum atomic E-state index is 12.5. The van der Waals surface area contributed by atoms with Gasteiger partial charge in [0.05, 0.1) is 11.4 Å². The van der Waals surface area contributed by atoms with Crippen LogP contribution in [0.1, 0.15) is 11.5 Å². The summed E-state index contributed by atoms with van der Waals surface area (Å²) in [6.07, 6.45) is -3.05. The van der Waals surface area contributed by atoms with Gasteiger partial charge in [-0.05, 0) is 25.1 Å². The highest BCUT2D eigenvalue weighted by molar-refractivity contribution is 5.53. The fourth-order valence-electron chi connectivity index (χ4n) is 1.34. The van der Waals surface area contributed by atoms with E-state index in [9.17, 15) is 13.2 Å². The fourth-order valence-corrected chi connectivity index (χ4v) is 1.34. The molecule has 0 saturated heterocycles. The summed E-state index contributed by atoms with van der Waals surface area (Å²) in [4.78, 5) is 10.8. The number of rotatable bonds is 1. The monoisotopic (exact) mass is 239 g/mol. The minimum absolute atomic E-state index is 0.172. The SMILES string of the molecule is Cc1cc(-c2ccccn2)nc(C(F)(F)F)n1. The second-order valence-corrected chi connectivity index (χ2v) is 3.43. The molecule has 0 N–H and O–H groups in total. The summed E-state index contributed by atoms with van der Waals surface area (Å²) in [5, 5.41) is 0. The molecule has 0 radical (unpaired) electrons. The molecule has 6 heteroatoms. The molecule has 2 rings (SSSR count). The van der Waals surface area contributed by atoms with E-state index in [1.54, 1.807) is 18.2 Å². The lowest BCUT2D eigenvalue weighted by molar-refractivity contribution is -0.145. The van der Waals surface area contributed by atoms with E-state index in [2.05, 4.69) is 15.0 Å². The van der Waals surface area contributed by atoms with Crippen LogP contribution in [0.3, 0.4) is 0 Å². The second-order valence-electron chi connectivity index (χ2n) is 3.43. The van der Waals surface area contributed by atoms with Crippen LogP contribution >= 0.6 is 0 Å². The fraction of sp³-hybridized carbons (Fsp3) is 0.182. The number of hydrogen-bond acceptors (Lipinski definition) is 3. The lowest BCUT2D eigenvalue weighted by Gasteiger charge is -2.07. The molecular weight excluding hydrogens is 231 g/mol. The molecule has 0 spiro atoms. The Kier molecular flexibility index (Phi) is 2.79. The average molecular weight is 239 g/mol. The zero-order valence-corrected chi connectivity index (χ0v) is 8.86. The number of aromatic nitrogens is 3. The summed E-state index contributed by atoms with van der Waals surface area (Å²) in [6.45, 7) is 1.49. The van der Waals surface area contributed by atoms with Gasteiger partial charge < -0.3 is 0 Å². The third-order valence-corrected chi connectivity index (χ3v) is 2.04. The molecular formula is C11H8F3N3. The normalized spacial score (nSPS) is 11.5. The molecule has 0 aliphatic rings. The molecule has 2 aromatic rings. The van der Waals surface area contributed by atoms with E-state index in [0.29, 0.717) is 5.69 Å². The number of nitrogens with zero attached hydrogens (tertiary/aromatic N) is 3. The Hall–Kier alpha value is -1.98. The van der Waals surface area contributed by atoms with E-state index in [4.69, 9.17) is 0 Å². The Morgan fingerprint density at radius 1 is 1.06 bits per heavy atom. The maximum Gasteiger partial charge on any atom is 0.451 e. The Labute approximate surface area is 95.4 Å². The molecule has 17 heavy (non-hydrogen) atoms. The molecule has 3 nitrogen and oxygen atoms in total. The van der Waals surface area contributed by atoms with Crippen molar-refractivity contribution in [2.24, 2.45) is 0 Å². The van der Waals surface area contributed by atoms with Crippen molar-refractivity contribution in [2.75, 3.05) is 0 Å². The zero-order valence-electron chi connectivity index (χ0n) is 8.86. The lowest BCUT2D eigenvalue weighted by Crippen LogP contribution is -2.12. The summed E-state index contributed by atoms with van der Waals surface area (Å²) in [5.74, 6) is -1.14. The van der Waals surface area contributed by atoms with Gasteiger partial charge in [-0.25, -0.2) is 9.97 Å². The van der Waals surface area contributed by atoms with Crippen LogP contribution in [0.15, 0.2) is 30.5 Å². The quantitative estimate of drug-likeness (QED) is 0.768. The number of hydrogen-bond donors (Lipinski definition) is 0. The van der Waals surface area contributed by atoms with Crippen molar-refractivity contribution in [2.45, 2.75) is 13.1 Å². The molecule has 0 aromatic carbocycles. The second kappa shape index (κ2) is 4.12. The van der Waals surface area contributed by atoms with Crippen molar-refractivity contribution >= 4 is 0 Å². The van der Waals surface area contributed by atoms with Crippen LogP contribution in [0.4, 0.5) is 13.2 Å². The molecule has 88 valence electrons. The van der Waals surface area contributed by atoms with Gasteiger partial charge in [0.2, 0.25) is 5.82 Å². The largest absolute Gasteiger partial charge is 0.451 e. The van der Waals surface area contributed by atoms with Crippen molar-refractivity contribution in [1.82, 2.24) is 15.0 Å². The molecule has 0 aliphatic carbocycles. The first-order valence-corrected chi connectivity index (χ1v) is 4.81. The van der Waals surface area contributed by atoms with Crippen LogP contribution in [0, 0.1) is 6.92 Å². The van der Waals surface area contributed by atoms with Gasteiger partial charge in [-0.3, -0.25) is 4.98 Å². The van der Waals surface area contributed by atoms with Crippen molar-refractivity contribution in [3.8, 4) is 11.4 Å². The van der Waals surface area contributed by atoms with Crippen molar-refractivity contribution in [3.63, 3.8) is 0 Å². The first kappa shape index (κ1) is 11.5. The summed E-state index contributed by atoms with van der Waals surface area (Å²) in [7, 11) is 0. The Bertz CT molecular complexity index is 523. The number of alkyl halides is 3. The van der Waals surface area contributed by atoms with Crippen molar-refractivity contribution in [1.29, 1.82) is 0 Å². The van der Waals surface area contributed by atoms with Crippen LogP contribution in [0.2, 0.25) is 0 Å². The van der Waals surface area contributed by atoms with Gasteiger partial charge in [-0.1, -0.05) is 6.07 Å². The third kappa shape index (κ3) is 2.58. The molecule has 0 atom stereocenters. The first-order valence-electron chi connectivity index (χ1n) is 4.81. The van der Waals surface area contributed by atoms with Gasteiger partial charge in [-0.15, -0.1) is 0 Å². The Balaban J connectivity index is 2.54. The van der Waals surface area contributed by atoms with E-state index in [1.165, 1.54) is 19.2 Å². The van der Waals surface area contributed by atoms with Gasteiger partial charge >= 0.3 is 6.18 Å². The van der Waals surface area contributed by atoms with Crippen molar-refractivity contribution < 1.29 is 13.2 Å². The van der Waals surface area contributed by atoms with Crippen LogP contribution in [-0.2, 0) is 6.18 Å². The topological polar surface area (TPSA) is 38.7 Å². The molecule has 0 saturated carbocycles. The highest BCUT2D eigenvalue weighted by Crippen LogP contribution is 2.27. The summed E-state index contributed by atoms with van der Waals surface area (Å²) >= 11 is 0. The maximum absolute atomic E-state index is 12.5. The lowest BCUT2D eigenvalue weighted by atomic mass is 10.2. The smallest absolute Gasteiger partial charge is 0.255 e. The minimum Gasteiger partial charge on any atom is -0.255 e. The molecule has 2 heterocycles. The molecule has 0 aliphatic heterocycles. The molecule has 0 unspecified atom stereocenters. The third-order valence-electron chi connectivity index (χ3n) is 2.04. The van der Waals surface area contributed by atoms with Gasteiger partial charge in [-0.2, -0.15) is 13.2 Å². The van der Waals surface area contributed by atoms with E-state index in [-0.39, 0.29) is 11.4 Å². The van der Waals surface area contributed by atoms with Gasteiger partial charge in [0.15, 0.2) is 0 Å². The highest BCUT2D eigenvalue weighted by atomic mass is 19.4. The summed E-state index contributed by atoms with van der Waals surface area (Å²) in [5.41, 5.74) is 0.821. The van der Waals surface area contributed by atoms with E-state index in [0.717, 1.165) is 0 Å². The van der Waals surface area contributed by atoms with Gasteiger partial charge in [0, 0.05) is 11.9 Å². The van der Waals surface area contributed by atoms with Crippen molar-refractivity contribution in [3.05, 3.63) is 42.0 Å². The number of aryl methyl sites for hydroxylation is 1. The standard InChI is InChI=1S/C11H8F3N3/c1-7-6-9(8-4-2-3-5-15-8)17-10(16-7)11(12,13)14/h2-6H,1H3. The highest BCUT2D eigenvalue weighted by Gasteiger charge is 2.35. The summed E-state index contributed by atoms with van der Waals surface area (Å²) < 4.78 is 37.6. The van der Waals surface area contributed by atoms with E-state index < -0.39 is 12.0 Å². The Morgan fingerprint density at radius 2 is 1.82 bits per heavy atom. The average Bonchev–Trinajstić information content (AvgIpc) is 2.28. The van der Waals surface area contributed by atoms with Crippen LogP contribution < -0.4 is 0 Å². The Morgan fingerprint density at radius 3 is 2.41 bits per heavy atom. The van der Waals surface area contributed by atoms with E-state index >= 15 is 0 Å². The number of pyridine rings is 1. The molecule has 0 bridgehead atoms. The molecule has 0 amide bonds. The predicted molar refractivity (Wildman–Crippen MR) is 55.0 cm³/mol. The zero-order chi connectivity index (χ0) is 12.5. The van der Waals surface area contributed by atoms with Gasteiger partial charge in [0.1, 0.15) is 0 Å². The molecule has 0 fully saturated rings. The minimum atomic E-state index is -4.55. The summed E-state index contributed by atoms with van der Waals surface area (Å²) in [6, 6.07) is 6.44. The van der Waals surface area contributed by atoms with E-state index in [1.807, 2.05) is 0 Å². The van der Waals surface area contributed by atoms with Gasteiger partial charge in [0.25, 0.3) is 0 Å². The van der Waals surface area contributed by atoms with Crippen LogP contribution in [0.5, 0.6) is 0 Å².